The topological polar surface area (TPSA) is 17.6 Å². The summed E-state index contributed by atoms with van der Waals surface area (Å²) in [6, 6.07) is 63.0. The van der Waals surface area contributed by atoms with Gasteiger partial charge in [-0.15, -0.1) is 0 Å². The summed E-state index contributed by atoms with van der Waals surface area (Å²) in [6.07, 6.45) is 7.34. The molecule has 4 aromatic heterocycles. The largest absolute Gasteiger partial charge is 0.309 e. The van der Waals surface area contributed by atoms with Gasteiger partial charge >= 0.3 is 0 Å². The number of pyridine rings is 2. The molecule has 0 N–H and O–H groups in total. The number of allylic oxidation sites excluding steroid dienone is 2. The van der Waals surface area contributed by atoms with E-state index in [0.717, 1.165) is 5.69 Å². The molecule has 0 fully saturated rings. The first kappa shape index (κ1) is 29.4. The van der Waals surface area contributed by atoms with E-state index in [0.29, 0.717) is 0 Å². The minimum atomic E-state index is 0.199. The monoisotopic (exact) mass is 702 g/mol. The van der Waals surface area contributed by atoms with Gasteiger partial charge in [-0.25, -0.2) is 0 Å². The van der Waals surface area contributed by atoms with Crippen molar-refractivity contribution in [3.05, 3.63) is 199 Å². The van der Waals surface area contributed by atoms with Crippen molar-refractivity contribution in [1.29, 1.82) is 0 Å². The van der Waals surface area contributed by atoms with Gasteiger partial charge in [0.05, 0.1) is 33.6 Å². The first-order valence-corrected chi connectivity index (χ1v) is 19.3. The maximum absolute atomic E-state index is 2.58. The van der Waals surface area contributed by atoms with E-state index in [4.69, 9.17) is 0 Å². The average molecular weight is 703 g/mol. The van der Waals surface area contributed by atoms with Gasteiger partial charge in [0, 0.05) is 51.1 Å². The van der Waals surface area contributed by atoms with Crippen LogP contribution in [0.4, 0.5) is 0 Å². The third-order valence-electron chi connectivity index (χ3n) is 12.7. The molecular weight excluding hydrogens is 669 g/mol. The first-order valence-electron chi connectivity index (χ1n) is 19.3. The maximum atomic E-state index is 2.58. The van der Waals surface area contributed by atoms with Crippen LogP contribution in [0, 0.1) is 0 Å². The molecule has 0 saturated carbocycles. The fraction of sp³-hybridized carbons (Fsp3) is 0.0588. The van der Waals surface area contributed by atoms with E-state index in [1.807, 2.05) is 0 Å². The minimum absolute atomic E-state index is 0.199. The number of para-hydroxylation sites is 3. The van der Waals surface area contributed by atoms with Crippen LogP contribution in [0.25, 0.3) is 83.2 Å². The molecule has 2 aliphatic heterocycles. The van der Waals surface area contributed by atoms with Crippen LogP contribution >= 0.6 is 0 Å². The Labute approximate surface area is 317 Å². The summed E-state index contributed by atoms with van der Waals surface area (Å²) in [5.41, 5.74) is 16.5. The van der Waals surface area contributed by atoms with Gasteiger partial charge in [0.15, 0.2) is 24.1 Å². The number of rotatable bonds is 2. The zero-order valence-corrected chi connectivity index (χ0v) is 29.9. The van der Waals surface area contributed by atoms with E-state index in [9.17, 15) is 0 Å². The Bertz CT molecular complexity index is 3280. The molecule has 55 heavy (non-hydrogen) atoms. The first-order chi connectivity index (χ1) is 27.3. The number of hydrogen-bond acceptors (Lipinski definition) is 0. The van der Waals surface area contributed by atoms with Crippen molar-refractivity contribution in [3.8, 4) is 33.9 Å². The molecule has 0 spiro atoms. The second kappa shape index (κ2) is 10.8. The standard InChI is InChI=1S/C51H34N4/c1-3-15-32(16-4-1)54-44-25-12-11-22-37(44)39-27-40-41-28-45-35-20-8-7-19-34(35)42-29-48(50-38-23-10-9-21-36(38)43-24-13-14-26-52(43)51(42)50)53(45)31-49(41)55(47(40)30-46(39)54)33-17-5-2-6-18-33/h1-31,42,50-51H/q+2. The Hall–Kier alpha value is -7.04. The summed E-state index contributed by atoms with van der Waals surface area (Å²) >= 11 is 0. The van der Waals surface area contributed by atoms with Crippen LogP contribution in [0.2, 0.25) is 0 Å². The lowest BCUT2D eigenvalue weighted by Crippen LogP contribution is -2.50. The summed E-state index contributed by atoms with van der Waals surface area (Å²) in [5.74, 6) is 0.427. The van der Waals surface area contributed by atoms with E-state index in [2.05, 4.69) is 207 Å². The molecule has 1 aliphatic carbocycles. The summed E-state index contributed by atoms with van der Waals surface area (Å²) in [5, 5.41) is 5.05. The second-order valence-corrected chi connectivity index (χ2v) is 15.3. The van der Waals surface area contributed by atoms with Gasteiger partial charge in [0.1, 0.15) is 11.4 Å². The van der Waals surface area contributed by atoms with Crippen LogP contribution in [-0.2, 0) is 0 Å². The number of benzene rings is 6. The smallest absolute Gasteiger partial charge is 0.219 e. The summed E-state index contributed by atoms with van der Waals surface area (Å²) in [7, 11) is 0. The fourth-order valence-corrected chi connectivity index (χ4v) is 10.5. The number of aromatic nitrogens is 4. The molecule has 2 bridgehead atoms. The normalized spacial score (nSPS) is 17.7. The van der Waals surface area contributed by atoms with Crippen LogP contribution in [0.15, 0.2) is 188 Å². The van der Waals surface area contributed by atoms with Gasteiger partial charge in [-0.1, -0.05) is 91.0 Å². The van der Waals surface area contributed by atoms with Crippen LogP contribution in [-0.4, -0.2) is 9.13 Å². The lowest BCUT2D eigenvalue weighted by molar-refractivity contribution is -0.719. The molecule has 0 amide bonds. The van der Waals surface area contributed by atoms with Crippen molar-refractivity contribution >= 4 is 49.3 Å². The molecule has 6 aromatic carbocycles. The Balaban J connectivity index is 1.16. The van der Waals surface area contributed by atoms with Gasteiger partial charge in [0.25, 0.3) is 0 Å². The molecular formula is C51H34N4+2. The third kappa shape index (κ3) is 3.85. The molecule has 3 unspecified atom stereocenters. The predicted molar refractivity (Wildman–Crippen MR) is 222 cm³/mol. The Morgan fingerprint density at radius 1 is 0.436 bits per heavy atom. The molecule has 3 aliphatic rings. The lowest BCUT2D eigenvalue weighted by Gasteiger charge is -2.30. The van der Waals surface area contributed by atoms with E-state index < -0.39 is 0 Å². The zero-order valence-electron chi connectivity index (χ0n) is 29.9. The molecule has 3 atom stereocenters. The van der Waals surface area contributed by atoms with E-state index >= 15 is 0 Å². The van der Waals surface area contributed by atoms with Crippen LogP contribution < -0.4 is 9.13 Å². The molecule has 6 heterocycles. The minimum Gasteiger partial charge on any atom is -0.309 e. The highest BCUT2D eigenvalue weighted by molar-refractivity contribution is 6.19. The van der Waals surface area contributed by atoms with Crippen molar-refractivity contribution in [2.24, 2.45) is 0 Å². The van der Waals surface area contributed by atoms with E-state index in [1.165, 1.54) is 88.6 Å². The van der Waals surface area contributed by atoms with Gasteiger partial charge < -0.3 is 9.13 Å². The molecule has 4 heteroatoms. The van der Waals surface area contributed by atoms with Crippen molar-refractivity contribution in [2.45, 2.75) is 17.9 Å². The van der Waals surface area contributed by atoms with Crippen molar-refractivity contribution in [1.82, 2.24) is 9.13 Å². The third-order valence-corrected chi connectivity index (χ3v) is 12.7. The highest BCUT2D eigenvalue weighted by Crippen LogP contribution is 2.56. The summed E-state index contributed by atoms with van der Waals surface area (Å²) < 4.78 is 10.0. The van der Waals surface area contributed by atoms with Crippen LogP contribution in [0.1, 0.15) is 29.0 Å². The van der Waals surface area contributed by atoms with Crippen molar-refractivity contribution in [3.63, 3.8) is 0 Å². The highest BCUT2D eigenvalue weighted by atomic mass is 15.1. The zero-order chi connectivity index (χ0) is 35.8. The predicted octanol–water partition coefficient (Wildman–Crippen LogP) is 11.1. The lowest BCUT2D eigenvalue weighted by atomic mass is 9.77. The van der Waals surface area contributed by atoms with Crippen molar-refractivity contribution in [2.75, 3.05) is 0 Å². The van der Waals surface area contributed by atoms with E-state index in [1.54, 1.807) is 0 Å². The second-order valence-electron chi connectivity index (χ2n) is 15.3. The average Bonchev–Trinajstić information content (AvgIpc) is 3.88. The van der Waals surface area contributed by atoms with Crippen LogP contribution in [0.3, 0.4) is 0 Å². The van der Waals surface area contributed by atoms with Gasteiger partial charge in [-0.3, -0.25) is 0 Å². The number of nitrogens with zero attached hydrogens (tertiary/aromatic N) is 4. The molecule has 256 valence electrons. The maximum Gasteiger partial charge on any atom is 0.219 e. The van der Waals surface area contributed by atoms with Gasteiger partial charge in [-0.2, -0.15) is 9.13 Å². The fourth-order valence-electron chi connectivity index (χ4n) is 10.5. The molecule has 4 nitrogen and oxygen atoms in total. The highest BCUT2D eigenvalue weighted by Gasteiger charge is 2.56. The quantitative estimate of drug-likeness (QED) is 0.160. The van der Waals surface area contributed by atoms with Crippen LogP contribution in [0.5, 0.6) is 0 Å². The van der Waals surface area contributed by atoms with Crippen molar-refractivity contribution < 1.29 is 9.13 Å². The molecule has 13 rings (SSSR count). The molecule has 10 aromatic rings. The SMILES string of the molecule is C1=C2C3c4ccccc4-c4cccc[n+]4C3C1c1ccccc1-c1cc3c4cc5c6ccccc6n(-c6ccccc6)c5cc4n(-c4ccccc4)c3c[n+]12. The number of fused-ring (bicyclic) bond motifs is 14. The molecule has 0 radical (unpaired) electrons. The van der Waals surface area contributed by atoms with E-state index in [-0.39, 0.29) is 17.9 Å². The molecule has 0 saturated heterocycles. The van der Waals surface area contributed by atoms with Gasteiger partial charge in [-0.05, 0) is 77.9 Å². The summed E-state index contributed by atoms with van der Waals surface area (Å²) in [4.78, 5) is 0. The number of hydrogen-bond donors (Lipinski definition) is 0. The van der Waals surface area contributed by atoms with Gasteiger partial charge in [0.2, 0.25) is 11.4 Å². The Morgan fingerprint density at radius 2 is 1.04 bits per heavy atom. The Kier molecular flexibility index (Phi) is 5.76. The Morgan fingerprint density at radius 3 is 1.82 bits per heavy atom. The summed E-state index contributed by atoms with van der Waals surface area (Å²) in [6.45, 7) is 0.